The van der Waals surface area contributed by atoms with Crippen LogP contribution in [0.3, 0.4) is 0 Å². The van der Waals surface area contributed by atoms with E-state index in [-0.39, 0.29) is 37.5 Å². The van der Waals surface area contributed by atoms with Gasteiger partial charge in [0.05, 0.1) is 0 Å². The van der Waals surface area contributed by atoms with Gasteiger partial charge in [-0.2, -0.15) is 0 Å². The van der Waals surface area contributed by atoms with Gasteiger partial charge in [0.25, 0.3) is 0 Å². The number of unbranched alkanes of at least 4 members (excludes halogenated alkanes) is 19. The van der Waals surface area contributed by atoms with Crippen LogP contribution in [0.1, 0.15) is 220 Å². The lowest BCUT2D eigenvalue weighted by molar-refractivity contribution is -0.167. The average molecular weight is 913 g/mol. The van der Waals surface area contributed by atoms with Gasteiger partial charge >= 0.3 is 17.9 Å². The molecule has 0 heterocycles. The Morgan fingerprint density at radius 2 is 0.667 bits per heavy atom. The van der Waals surface area contributed by atoms with Gasteiger partial charge in [-0.1, -0.05) is 219 Å². The lowest BCUT2D eigenvalue weighted by atomic mass is 10.1. The van der Waals surface area contributed by atoms with Gasteiger partial charge in [-0.05, 0) is 103 Å². The van der Waals surface area contributed by atoms with E-state index in [0.717, 1.165) is 116 Å². The molecule has 0 amide bonds. The van der Waals surface area contributed by atoms with Crippen molar-refractivity contribution in [3.63, 3.8) is 0 Å². The number of esters is 3. The summed E-state index contributed by atoms with van der Waals surface area (Å²) in [7, 11) is 0. The van der Waals surface area contributed by atoms with E-state index in [0.29, 0.717) is 19.3 Å². The molecule has 0 fully saturated rings. The van der Waals surface area contributed by atoms with Gasteiger partial charge in [0.15, 0.2) is 6.10 Å². The Bertz CT molecular complexity index is 1420. The van der Waals surface area contributed by atoms with Gasteiger partial charge in [-0.3, -0.25) is 14.4 Å². The molecule has 66 heavy (non-hydrogen) atoms. The Labute approximate surface area is 405 Å². The highest BCUT2D eigenvalue weighted by molar-refractivity contribution is 5.71. The standard InChI is InChI=1S/C60H96O6/c1-4-7-10-13-16-19-22-25-27-29-31-32-35-38-41-44-47-50-53-59(62)65-56-57(55-64-58(61)52-49-46-43-40-37-34-24-21-18-15-12-9-6-3)66-60(63)54-51-48-45-42-39-36-33-30-28-26-23-20-17-14-11-8-5-2/h9,12,15,17-18,20-22,24-29,31-33,36,42,45,57H,4-8,10-11,13-14,16,19,23,30,34-35,37-41,43-44,46-56H2,1-3H3/b12-9-,18-15-,20-17-,24-21-,25-22-,28-26-,29-27-,32-31-,36-33-,45-42-. The summed E-state index contributed by atoms with van der Waals surface area (Å²) in [6, 6.07) is 0. The first-order valence-electron chi connectivity index (χ1n) is 26.6. The highest BCUT2D eigenvalue weighted by Crippen LogP contribution is 2.12. The number of allylic oxidation sites excluding steroid dienone is 20. The van der Waals surface area contributed by atoms with E-state index < -0.39 is 6.10 Å². The van der Waals surface area contributed by atoms with E-state index in [1.165, 1.54) is 57.8 Å². The quantitative estimate of drug-likeness (QED) is 0.0199. The maximum Gasteiger partial charge on any atom is 0.306 e. The molecule has 0 aromatic carbocycles. The summed E-state index contributed by atoms with van der Waals surface area (Å²) in [5.41, 5.74) is 0. The largest absolute Gasteiger partial charge is 0.462 e. The number of hydrogen-bond acceptors (Lipinski definition) is 6. The zero-order valence-electron chi connectivity index (χ0n) is 42.4. The number of rotatable bonds is 46. The SMILES string of the molecule is CC\C=C/C=C\C=C/CCCCCCCC(=O)OCC(COC(=O)CCCCCCC\C=C/C=C\C=C/CCCCCCC)OC(=O)CCC/C=C\C/C=C\C/C=C\C/C=C\CCCCC. The summed E-state index contributed by atoms with van der Waals surface area (Å²) in [5.74, 6) is -1.02. The van der Waals surface area contributed by atoms with Crippen LogP contribution in [0.15, 0.2) is 122 Å². The Kier molecular flexibility index (Phi) is 50.0. The molecule has 1 unspecified atom stereocenters. The topological polar surface area (TPSA) is 78.9 Å². The maximum atomic E-state index is 12.8. The van der Waals surface area contributed by atoms with E-state index in [1.54, 1.807) is 0 Å². The Balaban J connectivity index is 4.56. The molecular weight excluding hydrogens is 817 g/mol. The molecule has 0 spiro atoms. The second-order valence-corrected chi connectivity index (χ2v) is 17.2. The van der Waals surface area contributed by atoms with E-state index in [4.69, 9.17) is 14.2 Å². The predicted molar refractivity (Wildman–Crippen MR) is 283 cm³/mol. The first kappa shape index (κ1) is 61.8. The molecule has 0 radical (unpaired) electrons. The molecule has 0 aliphatic carbocycles. The van der Waals surface area contributed by atoms with Gasteiger partial charge in [0, 0.05) is 19.3 Å². The summed E-state index contributed by atoms with van der Waals surface area (Å²) in [5, 5.41) is 0. The van der Waals surface area contributed by atoms with Gasteiger partial charge in [0.2, 0.25) is 0 Å². The van der Waals surface area contributed by atoms with Crippen LogP contribution in [-0.2, 0) is 28.6 Å². The fourth-order valence-corrected chi connectivity index (χ4v) is 6.79. The molecule has 0 N–H and O–H groups in total. The average Bonchev–Trinajstić information content (AvgIpc) is 3.31. The Morgan fingerprint density at radius 3 is 1.12 bits per heavy atom. The number of hydrogen-bond donors (Lipinski definition) is 0. The van der Waals surface area contributed by atoms with Gasteiger partial charge in [-0.25, -0.2) is 0 Å². The molecule has 372 valence electrons. The number of carbonyl (C=O) groups is 3. The molecule has 1 atom stereocenters. The number of carbonyl (C=O) groups excluding carboxylic acids is 3. The molecule has 0 aliphatic heterocycles. The molecule has 6 nitrogen and oxygen atoms in total. The second-order valence-electron chi connectivity index (χ2n) is 17.2. The van der Waals surface area contributed by atoms with Crippen LogP contribution in [0.25, 0.3) is 0 Å². The van der Waals surface area contributed by atoms with Crippen LogP contribution in [0.5, 0.6) is 0 Å². The zero-order chi connectivity index (χ0) is 47.9. The minimum atomic E-state index is -0.827. The molecular formula is C60H96O6. The van der Waals surface area contributed by atoms with Crippen LogP contribution < -0.4 is 0 Å². The van der Waals surface area contributed by atoms with E-state index in [9.17, 15) is 14.4 Å². The van der Waals surface area contributed by atoms with Crippen molar-refractivity contribution in [2.75, 3.05) is 13.2 Å². The fraction of sp³-hybridized carbons (Fsp3) is 0.617. The van der Waals surface area contributed by atoms with Crippen molar-refractivity contribution in [2.24, 2.45) is 0 Å². The minimum Gasteiger partial charge on any atom is -0.462 e. The first-order chi connectivity index (χ1) is 32.5. The molecule has 0 bridgehead atoms. The van der Waals surface area contributed by atoms with Gasteiger partial charge < -0.3 is 14.2 Å². The zero-order valence-corrected chi connectivity index (χ0v) is 42.4. The van der Waals surface area contributed by atoms with E-state index in [2.05, 4.69) is 136 Å². The van der Waals surface area contributed by atoms with E-state index >= 15 is 0 Å². The van der Waals surface area contributed by atoms with Crippen molar-refractivity contribution in [3.8, 4) is 0 Å². The third-order valence-electron chi connectivity index (χ3n) is 10.8. The summed E-state index contributed by atoms with van der Waals surface area (Å²) in [6.07, 6.45) is 73.3. The van der Waals surface area contributed by atoms with Crippen LogP contribution in [-0.4, -0.2) is 37.2 Å². The molecule has 0 rings (SSSR count). The minimum absolute atomic E-state index is 0.121. The third-order valence-corrected chi connectivity index (χ3v) is 10.8. The van der Waals surface area contributed by atoms with Crippen LogP contribution in [0.2, 0.25) is 0 Å². The smallest absolute Gasteiger partial charge is 0.306 e. The van der Waals surface area contributed by atoms with Crippen molar-refractivity contribution < 1.29 is 28.6 Å². The molecule has 0 aliphatic rings. The fourth-order valence-electron chi connectivity index (χ4n) is 6.79. The van der Waals surface area contributed by atoms with Crippen molar-refractivity contribution in [1.82, 2.24) is 0 Å². The lowest BCUT2D eigenvalue weighted by Gasteiger charge is -2.18. The van der Waals surface area contributed by atoms with E-state index in [1.807, 2.05) is 6.08 Å². The monoisotopic (exact) mass is 913 g/mol. The third kappa shape index (κ3) is 50.8. The van der Waals surface area contributed by atoms with Gasteiger partial charge in [-0.15, -0.1) is 0 Å². The highest BCUT2D eigenvalue weighted by Gasteiger charge is 2.19. The molecule has 0 aromatic rings. The predicted octanol–water partition coefficient (Wildman–Crippen LogP) is 17.7. The highest BCUT2D eigenvalue weighted by atomic mass is 16.6. The van der Waals surface area contributed by atoms with Gasteiger partial charge in [0.1, 0.15) is 13.2 Å². The summed E-state index contributed by atoms with van der Waals surface area (Å²) in [6.45, 7) is 6.36. The Hall–Kier alpha value is -4.19. The summed E-state index contributed by atoms with van der Waals surface area (Å²) >= 11 is 0. The maximum absolute atomic E-state index is 12.8. The normalized spacial score (nSPS) is 13.1. The number of ether oxygens (including phenoxy) is 3. The van der Waals surface area contributed by atoms with Crippen molar-refractivity contribution in [3.05, 3.63) is 122 Å². The summed E-state index contributed by atoms with van der Waals surface area (Å²) < 4.78 is 16.7. The summed E-state index contributed by atoms with van der Waals surface area (Å²) in [4.78, 5) is 38.0. The van der Waals surface area contributed by atoms with Crippen molar-refractivity contribution >= 4 is 17.9 Å². The molecule has 0 saturated carbocycles. The first-order valence-corrected chi connectivity index (χ1v) is 26.6. The molecule has 0 aromatic heterocycles. The molecule has 0 saturated heterocycles. The lowest BCUT2D eigenvalue weighted by Crippen LogP contribution is -2.30. The molecule has 6 heteroatoms. The van der Waals surface area contributed by atoms with Crippen molar-refractivity contribution in [2.45, 2.75) is 226 Å². The van der Waals surface area contributed by atoms with Crippen LogP contribution in [0, 0.1) is 0 Å². The second kappa shape index (κ2) is 53.4. The van der Waals surface area contributed by atoms with Crippen molar-refractivity contribution in [1.29, 1.82) is 0 Å². The van der Waals surface area contributed by atoms with Crippen LogP contribution in [0.4, 0.5) is 0 Å². The van der Waals surface area contributed by atoms with Crippen LogP contribution >= 0.6 is 0 Å². The Morgan fingerprint density at radius 1 is 0.333 bits per heavy atom.